The summed E-state index contributed by atoms with van der Waals surface area (Å²) in [6.45, 7) is 3.20. The van der Waals surface area contributed by atoms with Gasteiger partial charge >= 0.3 is 0 Å². The van der Waals surface area contributed by atoms with Crippen molar-refractivity contribution < 1.29 is 9.18 Å². The molecule has 0 saturated carbocycles. The van der Waals surface area contributed by atoms with E-state index in [0.717, 1.165) is 29.7 Å². The van der Waals surface area contributed by atoms with Crippen molar-refractivity contribution in [2.24, 2.45) is 0 Å². The zero-order chi connectivity index (χ0) is 22.0. The lowest BCUT2D eigenvalue weighted by Crippen LogP contribution is -2.38. The van der Waals surface area contributed by atoms with Gasteiger partial charge in [-0.3, -0.25) is 4.79 Å². The first-order chi connectivity index (χ1) is 14.9. The van der Waals surface area contributed by atoms with Gasteiger partial charge in [0.1, 0.15) is 11.0 Å². The number of carbonyl (C=O) groups excluding carboxylic acids is 1. The fraction of sp³-hybridized carbons (Fsp3) is 0.250. The highest BCUT2D eigenvalue weighted by Gasteiger charge is 2.26. The predicted octanol–water partition coefficient (Wildman–Crippen LogP) is 6.60. The van der Waals surface area contributed by atoms with Crippen molar-refractivity contribution >= 4 is 40.5 Å². The van der Waals surface area contributed by atoms with Gasteiger partial charge in [0.05, 0.1) is 11.3 Å². The number of halogens is 3. The van der Waals surface area contributed by atoms with Crippen LogP contribution in [0.1, 0.15) is 40.2 Å². The molecule has 0 aliphatic carbocycles. The van der Waals surface area contributed by atoms with Crippen LogP contribution in [-0.2, 0) is 0 Å². The van der Waals surface area contributed by atoms with Gasteiger partial charge in [-0.1, -0.05) is 35.3 Å². The number of amides is 1. The molecule has 31 heavy (non-hydrogen) atoms. The topological polar surface area (TPSA) is 45.2 Å². The molecule has 7 heteroatoms. The van der Waals surface area contributed by atoms with Gasteiger partial charge in [0.2, 0.25) is 0 Å². The molecule has 1 aromatic heterocycles. The van der Waals surface area contributed by atoms with E-state index in [1.807, 2.05) is 36.1 Å². The number of pyridine rings is 1. The van der Waals surface area contributed by atoms with Crippen LogP contribution in [0.15, 0.2) is 54.7 Å². The third kappa shape index (κ3) is 5.00. The van der Waals surface area contributed by atoms with Gasteiger partial charge in [-0.15, -0.1) is 0 Å². The van der Waals surface area contributed by atoms with Crippen molar-refractivity contribution in [1.82, 2.24) is 9.88 Å². The molecule has 3 aromatic rings. The Balaban J connectivity index is 1.50. The number of benzene rings is 2. The Kier molecular flexibility index (Phi) is 6.44. The number of piperidine rings is 1. The maximum atomic E-state index is 13.3. The number of nitrogens with one attached hydrogen (secondary N) is 1. The van der Waals surface area contributed by atoms with E-state index in [0.29, 0.717) is 40.4 Å². The number of aromatic nitrogens is 1. The molecular weight excluding hydrogens is 436 g/mol. The second-order valence-corrected chi connectivity index (χ2v) is 8.58. The number of hydrogen-bond donors (Lipinski definition) is 1. The molecule has 4 rings (SSSR count). The molecule has 0 radical (unpaired) electrons. The number of hydrogen-bond acceptors (Lipinski definition) is 3. The summed E-state index contributed by atoms with van der Waals surface area (Å²) in [6, 6.07) is 13.8. The van der Waals surface area contributed by atoms with Crippen LogP contribution in [0.4, 0.5) is 15.8 Å². The molecule has 0 bridgehead atoms. The Hall–Kier alpha value is -2.63. The SMILES string of the molecule is Cc1cc(Cl)ccc1Nc1cc(Cl)ncc1C(=O)N1CCC(c2ccc(F)cc2)CC1. The molecule has 0 unspecified atom stereocenters. The molecule has 0 spiro atoms. The third-order valence-corrected chi connectivity index (χ3v) is 6.12. The third-order valence-electron chi connectivity index (χ3n) is 5.68. The summed E-state index contributed by atoms with van der Waals surface area (Å²) in [5, 5.41) is 4.26. The molecular formula is C24H22Cl2FN3O. The van der Waals surface area contributed by atoms with Crippen LogP contribution in [0, 0.1) is 12.7 Å². The van der Waals surface area contributed by atoms with E-state index >= 15 is 0 Å². The van der Waals surface area contributed by atoms with Crippen LogP contribution < -0.4 is 5.32 Å². The number of aryl methyl sites for hydroxylation is 1. The minimum atomic E-state index is -0.234. The Morgan fingerprint density at radius 1 is 1.06 bits per heavy atom. The average molecular weight is 458 g/mol. The first-order valence-electron chi connectivity index (χ1n) is 10.1. The van der Waals surface area contributed by atoms with Crippen LogP contribution in [0.5, 0.6) is 0 Å². The molecule has 2 heterocycles. The van der Waals surface area contributed by atoms with Gasteiger partial charge in [0.25, 0.3) is 5.91 Å². The molecule has 1 saturated heterocycles. The summed E-state index contributed by atoms with van der Waals surface area (Å²) >= 11 is 12.2. The van der Waals surface area contributed by atoms with E-state index < -0.39 is 0 Å². The van der Waals surface area contributed by atoms with Crippen molar-refractivity contribution in [2.45, 2.75) is 25.7 Å². The fourth-order valence-electron chi connectivity index (χ4n) is 3.94. The predicted molar refractivity (Wildman–Crippen MR) is 123 cm³/mol. The van der Waals surface area contributed by atoms with Gasteiger partial charge in [0, 0.05) is 30.0 Å². The van der Waals surface area contributed by atoms with Crippen LogP contribution >= 0.6 is 23.2 Å². The summed E-state index contributed by atoms with van der Waals surface area (Å²) in [7, 11) is 0. The summed E-state index contributed by atoms with van der Waals surface area (Å²) in [6.07, 6.45) is 3.18. The molecule has 1 N–H and O–H groups in total. The Labute approximate surface area is 191 Å². The maximum absolute atomic E-state index is 13.3. The molecule has 4 nitrogen and oxygen atoms in total. The van der Waals surface area contributed by atoms with Gasteiger partial charge in [-0.05, 0) is 73.2 Å². The van der Waals surface area contributed by atoms with E-state index in [1.54, 1.807) is 12.1 Å². The summed E-state index contributed by atoms with van der Waals surface area (Å²) in [5.41, 5.74) is 3.99. The molecule has 1 amide bonds. The first kappa shape index (κ1) is 21.6. The number of rotatable bonds is 4. The molecule has 2 aromatic carbocycles. The number of likely N-dealkylation sites (tertiary alicyclic amines) is 1. The normalized spacial score (nSPS) is 14.5. The highest BCUT2D eigenvalue weighted by molar-refractivity contribution is 6.30. The highest BCUT2D eigenvalue weighted by atomic mass is 35.5. The molecule has 0 atom stereocenters. The zero-order valence-electron chi connectivity index (χ0n) is 17.0. The maximum Gasteiger partial charge on any atom is 0.257 e. The van der Waals surface area contributed by atoms with Gasteiger partial charge in [0.15, 0.2) is 0 Å². The minimum absolute atomic E-state index is 0.0872. The van der Waals surface area contributed by atoms with Crippen molar-refractivity contribution in [3.05, 3.63) is 87.4 Å². The highest BCUT2D eigenvalue weighted by Crippen LogP contribution is 2.31. The monoisotopic (exact) mass is 457 g/mol. The average Bonchev–Trinajstić information content (AvgIpc) is 2.76. The van der Waals surface area contributed by atoms with Crippen LogP contribution in [-0.4, -0.2) is 28.9 Å². The number of nitrogens with zero attached hydrogens (tertiary/aromatic N) is 2. The van der Waals surface area contributed by atoms with Gasteiger partial charge in [-0.2, -0.15) is 0 Å². The van der Waals surface area contributed by atoms with Crippen molar-refractivity contribution in [2.75, 3.05) is 18.4 Å². The van der Waals surface area contributed by atoms with E-state index in [-0.39, 0.29) is 11.7 Å². The number of carbonyl (C=O) groups is 1. The molecule has 1 fully saturated rings. The Morgan fingerprint density at radius 2 is 1.77 bits per heavy atom. The van der Waals surface area contributed by atoms with E-state index in [4.69, 9.17) is 23.2 Å². The largest absolute Gasteiger partial charge is 0.355 e. The molecule has 160 valence electrons. The number of anilines is 2. The van der Waals surface area contributed by atoms with Gasteiger partial charge < -0.3 is 10.2 Å². The van der Waals surface area contributed by atoms with E-state index in [9.17, 15) is 9.18 Å². The first-order valence-corrected chi connectivity index (χ1v) is 10.9. The van der Waals surface area contributed by atoms with E-state index in [1.165, 1.54) is 18.3 Å². The second-order valence-electron chi connectivity index (χ2n) is 7.75. The van der Waals surface area contributed by atoms with Crippen LogP contribution in [0.3, 0.4) is 0 Å². The Bertz CT molecular complexity index is 1100. The Morgan fingerprint density at radius 3 is 2.45 bits per heavy atom. The van der Waals surface area contributed by atoms with E-state index in [2.05, 4.69) is 10.3 Å². The van der Waals surface area contributed by atoms with Crippen molar-refractivity contribution in [3.8, 4) is 0 Å². The lowest BCUT2D eigenvalue weighted by atomic mass is 9.89. The van der Waals surface area contributed by atoms with Crippen molar-refractivity contribution in [1.29, 1.82) is 0 Å². The molecule has 1 aliphatic heterocycles. The smallest absolute Gasteiger partial charge is 0.257 e. The molecule has 1 aliphatic rings. The van der Waals surface area contributed by atoms with Crippen LogP contribution in [0.2, 0.25) is 10.2 Å². The van der Waals surface area contributed by atoms with Crippen molar-refractivity contribution in [3.63, 3.8) is 0 Å². The zero-order valence-corrected chi connectivity index (χ0v) is 18.6. The standard InChI is InChI=1S/C24H22Cl2FN3O/c1-15-12-18(25)4-7-21(15)29-22-13-23(26)28-14-20(22)24(31)30-10-8-17(9-11-30)16-2-5-19(27)6-3-16/h2-7,12-14,17H,8-11H2,1H3,(H,28,29). The fourth-order valence-corrected chi connectivity index (χ4v) is 4.32. The lowest BCUT2D eigenvalue weighted by Gasteiger charge is -2.32. The summed E-state index contributed by atoms with van der Waals surface area (Å²) < 4.78 is 13.2. The van der Waals surface area contributed by atoms with Crippen LogP contribution in [0.25, 0.3) is 0 Å². The van der Waals surface area contributed by atoms with Gasteiger partial charge in [-0.25, -0.2) is 9.37 Å². The summed E-state index contributed by atoms with van der Waals surface area (Å²) in [4.78, 5) is 19.2. The second kappa shape index (κ2) is 9.25. The quantitative estimate of drug-likeness (QED) is 0.448. The minimum Gasteiger partial charge on any atom is -0.355 e. The lowest BCUT2D eigenvalue weighted by molar-refractivity contribution is 0.0713. The summed E-state index contributed by atoms with van der Waals surface area (Å²) in [5.74, 6) is 0.000648.